The van der Waals surface area contributed by atoms with Gasteiger partial charge in [0, 0.05) is 0 Å². The lowest BCUT2D eigenvalue weighted by atomic mass is 9.96. The lowest BCUT2D eigenvalue weighted by Crippen LogP contribution is -1.94. The molecule has 214 valence electrons. The van der Waals surface area contributed by atoms with Gasteiger partial charge in [0.25, 0.3) is 12.9 Å². The largest absolute Gasteiger partial charge is 0.468 e. The van der Waals surface area contributed by atoms with Crippen molar-refractivity contribution in [1.82, 2.24) is 0 Å². The van der Waals surface area contributed by atoms with Gasteiger partial charge in [0.2, 0.25) is 0 Å². The van der Waals surface area contributed by atoms with Crippen molar-refractivity contribution in [2.75, 3.05) is 13.2 Å². The van der Waals surface area contributed by atoms with Crippen LogP contribution in [0.5, 0.6) is 0 Å². The number of unbranched alkanes of at least 4 members (excludes halogenated alkanes) is 8. The highest BCUT2D eigenvalue weighted by Crippen LogP contribution is 2.28. The average molecular weight is 543 g/mol. The summed E-state index contributed by atoms with van der Waals surface area (Å²) in [6.07, 6.45) is 23.6. The van der Waals surface area contributed by atoms with Crippen molar-refractivity contribution in [3.8, 4) is 0 Å². The Morgan fingerprint density at radius 2 is 1.27 bits per heavy atom. The molecule has 0 heterocycles. The number of rotatable bonds is 20. The van der Waals surface area contributed by atoms with E-state index >= 15 is 0 Å². The zero-order chi connectivity index (χ0) is 28.3. The first-order valence-electron chi connectivity index (χ1n) is 15.1. The van der Waals surface area contributed by atoms with Crippen LogP contribution < -0.4 is 0 Å². The van der Waals surface area contributed by atoms with Crippen LogP contribution in [-0.2, 0) is 31.9 Å². The summed E-state index contributed by atoms with van der Waals surface area (Å²) in [6.45, 7) is 4.38. The second-order valence-electron chi connectivity index (χ2n) is 10.7. The van der Waals surface area contributed by atoms with Crippen LogP contribution in [0.1, 0.15) is 98.4 Å². The molecule has 4 nitrogen and oxygen atoms in total. The molecular formula is C36H46O4. The number of hydrogen-bond acceptors (Lipinski definition) is 4. The molecule has 0 amide bonds. The van der Waals surface area contributed by atoms with E-state index in [1.807, 2.05) is 0 Å². The van der Waals surface area contributed by atoms with E-state index in [9.17, 15) is 9.59 Å². The van der Waals surface area contributed by atoms with Gasteiger partial charge in [0.1, 0.15) is 0 Å². The summed E-state index contributed by atoms with van der Waals surface area (Å²) in [5.41, 5.74) is 9.38. The summed E-state index contributed by atoms with van der Waals surface area (Å²) in [6, 6.07) is 16.0. The maximum Gasteiger partial charge on any atom is 0.293 e. The molecule has 0 saturated carbocycles. The zero-order valence-electron chi connectivity index (χ0n) is 24.2. The van der Waals surface area contributed by atoms with Crippen molar-refractivity contribution in [1.29, 1.82) is 0 Å². The maximum atomic E-state index is 10.2. The van der Waals surface area contributed by atoms with Gasteiger partial charge in [-0.3, -0.25) is 9.59 Å². The monoisotopic (exact) mass is 542 g/mol. The number of carbonyl (C=O) groups excluding carboxylic acids is 2. The molecule has 3 rings (SSSR count). The van der Waals surface area contributed by atoms with Gasteiger partial charge in [-0.15, -0.1) is 0 Å². The van der Waals surface area contributed by atoms with Gasteiger partial charge in [0.15, 0.2) is 0 Å². The van der Waals surface area contributed by atoms with E-state index in [2.05, 4.69) is 73.7 Å². The van der Waals surface area contributed by atoms with Crippen LogP contribution in [0.2, 0.25) is 0 Å². The topological polar surface area (TPSA) is 52.6 Å². The number of allylic oxidation sites excluding steroid dienone is 6. The van der Waals surface area contributed by atoms with Gasteiger partial charge >= 0.3 is 0 Å². The Morgan fingerprint density at radius 3 is 1.93 bits per heavy atom. The molecule has 0 atom stereocenters. The number of aryl methyl sites for hydroxylation is 3. The lowest BCUT2D eigenvalue weighted by Gasteiger charge is -2.09. The molecule has 0 N–H and O–H groups in total. The average Bonchev–Trinajstić information content (AvgIpc) is 3.23. The van der Waals surface area contributed by atoms with E-state index in [1.54, 1.807) is 0 Å². The molecular weight excluding hydrogens is 496 g/mol. The third-order valence-corrected chi connectivity index (χ3v) is 7.67. The van der Waals surface area contributed by atoms with Gasteiger partial charge in [-0.2, -0.15) is 0 Å². The minimum absolute atomic E-state index is 0.532. The molecule has 1 aliphatic carbocycles. The Labute approximate surface area is 241 Å². The number of ether oxygens (including phenoxy) is 2. The smallest absolute Gasteiger partial charge is 0.293 e. The Bertz CT molecular complexity index is 1120. The number of benzene rings is 2. The van der Waals surface area contributed by atoms with Crippen LogP contribution in [0.15, 0.2) is 66.8 Å². The fraction of sp³-hybridized carbons (Fsp3) is 0.444. The molecule has 0 fully saturated rings. The predicted octanol–water partition coefficient (Wildman–Crippen LogP) is 8.75. The van der Waals surface area contributed by atoms with E-state index < -0.39 is 0 Å². The second kappa shape index (κ2) is 18.8. The number of carbonyl (C=O) groups is 2. The van der Waals surface area contributed by atoms with Crippen LogP contribution in [0, 0.1) is 6.92 Å². The maximum absolute atomic E-state index is 10.2. The van der Waals surface area contributed by atoms with E-state index in [1.165, 1.54) is 77.5 Å². The van der Waals surface area contributed by atoms with Crippen molar-refractivity contribution < 1.29 is 19.1 Å². The van der Waals surface area contributed by atoms with E-state index in [0.717, 1.165) is 44.9 Å². The van der Waals surface area contributed by atoms with Crippen LogP contribution in [0.3, 0.4) is 0 Å². The molecule has 0 bridgehead atoms. The fourth-order valence-electron chi connectivity index (χ4n) is 5.25. The molecule has 1 aliphatic rings. The van der Waals surface area contributed by atoms with Crippen LogP contribution in [0.4, 0.5) is 0 Å². The highest BCUT2D eigenvalue weighted by molar-refractivity contribution is 5.81. The first kappa shape index (κ1) is 31.1. The summed E-state index contributed by atoms with van der Waals surface area (Å²) in [7, 11) is 0. The summed E-state index contributed by atoms with van der Waals surface area (Å²) in [5, 5.41) is 0. The number of hydrogen-bond donors (Lipinski definition) is 0. The second-order valence-corrected chi connectivity index (χ2v) is 10.7. The normalized spacial score (nSPS) is 12.8. The molecule has 0 spiro atoms. The highest BCUT2D eigenvalue weighted by Gasteiger charge is 2.07. The summed E-state index contributed by atoms with van der Waals surface area (Å²) >= 11 is 0. The van der Waals surface area contributed by atoms with Gasteiger partial charge in [-0.25, -0.2) is 0 Å². The molecule has 0 saturated heterocycles. The zero-order valence-corrected chi connectivity index (χ0v) is 24.2. The summed E-state index contributed by atoms with van der Waals surface area (Å²) in [5.74, 6) is 0. The molecule has 0 aliphatic heterocycles. The van der Waals surface area contributed by atoms with Crippen molar-refractivity contribution in [3.05, 3.63) is 94.6 Å². The van der Waals surface area contributed by atoms with Gasteiger partial charge in [-0.1, -0.05) is 105 Å². The van der Waals surface area contributed by atoms with E-state index in [0.29, 0.717) is 26.2 Å². The van der Waals surface area contributed by atoms with Crippen molar-refractivity contribution in [3.63, 3.8) is 0 Å². The third kappa shape index (κ3) is 11.4. The molecule has 0 radical (unpaired) electrons. The quantitative estimate of drug-likeness (QED) is 0.124. The molecule has 0 aromatic heterocycles. The minimum atomic E-state index is 0.532. The molecule has 2 aromatic carbocycles. The SMILES string of the molecule is Cc1cc(C2=CC=C(c3ccc(CCCCCCCOC=O)cc3)CC=C2)ccc1CCCCCCCOC=O. The fourth-order valence-corrected chi connectivity index (χ4v) is 5.25. The summed E-state index contributed by atoms with van der Waals surface area (Å²) in [4.78, 5) is 20.3. The van der Waals surface area contributed by atoms with E-state index in [-0.39, 0.29) is 0 Å². The van der Waals surface area contributed by atoms with Crippen LogP contribution in [0.25, 0.3) is 11.1 Å². The molecule has 4 heteroatoms. The standard InChI is InChI=1S/C36H46O4/c1-30-27-36(24-21-32(30)14-9-5-3-7-11-26-40-29-38)34-16-12-15-33(22-23-34)35-19-17-31(18-20-35)13-8-4-2-6-10-25-39-28-37/h12,16-24,27-29H,2-11,13-15,25-26H2,1H3. The molecule has 40 heavy (non-hydrogen) atoms. The Morgan fingerprint density at radius 1 is 0.675 bits per heavy atom. The van der Waals surface area contributed by atoms with Gasteiger partial charge in [0.05, 0.1) is 13.2 Å². The van der Waals surface area contributed by atoms with Gasteiger partial charge in [-0.05, 0) is 90.8 Å². The molecule has 0 unspecified atom stereocenters. The third-order valence-electron chi connectivity index (χ3n) is 7.67. The van der Waals surface area contributed by atoms with E-state index in [4.69, 9.17) is 9.47 Å². The van der Waals surface area contributed by atoms with Crippen LogP contribution >= 0.6 is 0 Å². The predicted molar refractivity (Wildman–Crippen MR) is 165 cm³/mol. The van der Waals surface area contributed by atoms with Crippen molar-refractivity contribution in [2.45, 2.75) is 90.4 Å². The lowest BCUT2D eigenvalue weighted by molar-refractivity contribution is -0.129. The highest BCUT2D eigenvalue weighted by atomic mass is 16.5. The Hall–Kier alpha value is -3.40. The minimum Gasteiger partial charge on any atom is -0.468 e. The van der Waals surface area contributed by atoms with Crippen molar-refractivity contribution >= 4 is 24.1 Å². The summed E-state index contributed by atoms with van der Waals surface area (Å²) < 4.78 is 9.49. The first-order valence-corrected chi connectivity index (χ1v) is 15.1. The van der Waals surface area contributed by atoms with Crippen molar-refractivity contribution in [2.24, 2.45) is 0 Å². The Balaban J connectivity index is 1.46. The first-order chi connectivity index (χ1) is 19.7. The van der Waals surface area contributed by atoms with Crippen LogP contribution in [-0.4, -0.2) is 26.2 Å². The molecule has 2 aromatic rings. The van der Waals surface area contributed by atoms with Gasteiger partial charge < -0.3 is 9.47 Å². The Kier molecular flexibility index (Phi) is 14.6.